The van der Waals surface area contributed by atoms with E-state index in [2.05, 4.69) is 16.0 Å². The Morgan fingerprint density at radius 1 is 0.745 bits per heavy atom. The number of hydrogen-bond donors (Lipinski definition) is 3. The number of likely N-dealkylation sites (tertiary alicyclic amines) is 1. The molecule has 3 N–H and O–H groups in total. The van der Waals surface area contributed by atoms with Crippen LogP contribution in [0, 0.1) is 0 Å². The van der Waals surface area contributed by atoms with Crippen LogP contribution in [-0.2, 0) is 42.8 Å². The van der Waals surface area contributed by atoms with E-state index in [1.54, 1.807) is 24.3 Å². The lowest BCUT2D eigenvalue weighted by Gasteiger charge is -2.34. The van der Waals surface area contributed by atoms with E-state index < -0.39 is 23.8 Å². The molecule has 304 valence electrons. The summed E-state index contributed by atoms with van der Waals surface area (Å²) in [5.74, 6) is -1.00. The van der Waals surface area contributed by atoms with Crippen LogP contribution in [0.25, 0.3) is 0 Å². The molecule has 0 radical (unpaired) electrons. The zero-order chi connectivity index (χ0) is 38.8. The fourth-order valence-electron chi connectivity index (χ4n) is 6.77. The number of carbonyl (C=O) groups excluding carboxylic acids is 6. The Bertz CT molecular complexity index is 1430. The number of piperidine rings is 1. The molecule has 4 aliphatic heterocycles. The van der Waals surface area contributed by atoms with Crippen molar-refractivity contribution in [2.75, 3.05) is 98.1 Å². The number of benzene rings is 1. The summed E-state index contributed by atoms with van der Waals surface area (Å²) in [6, 6.07) is 5.79. The second-order valence-corrected chi connectivity index (χ2v) is 14.6. The van der Waals surface area contributed by atoms with Crippen LogP contribution < -0.4 is 16.0 Å². The van der Waals surface area contributed by atoms with Crippen LogP contribution in [0.3, 0.4) is 0 Å². The van der Waals surface area contributed by atoms with Crippen molar-refractivity contribution in [2.24, 2.45) is 0 Å². The highest BCUT2D eigenvalue weighted by Crippen LogP contribution is 2.33. The molecule has 3 fully saturated rings. The van der Waals surface area contributed by atoms with E-state index in [1.165, 1.54) is 0 Å². The van der Waals surface area contributed by atoms with Gasteiger partial charge in [0, 0.05) is 30.4 Å². The summed E-state index contributed by atoms with van der Waals surface area (Å²) in [4.78, 5) is 76.8. The number of ether oxygens (including phenoxy) is 6. The zero-order valence-corrected chi connectivity index (χ0v) is 32.0. The number of nitrogens with zero attached hydrogens (tertiary/aromatic N) is 2. The van der Waals surface area contributed by atoms with Gasteiger partial charge in [-0.2, -0.15) is 11.8 Å². The Kier molecular flexibility index (Phi) is 17.6. The van der Waals surface area contributed by atoms with Gasteiger partial charge >= 0.3 is 6.03 Å². The number of imide groups is 2. The number of amides is 7. The van der Waals surface area contributed by atoms with E-state index in [9.17, 15) is 28.8 Å². The maximum Gasteiger partial charge on any atom is 0.315 e. The molecule has 0 saturated carbocycles. The number of nitrogens with one attached hydrogen (secondary N) is 3. The lowest BCUT2D eigenvalue weighted by Crippen LogP contribution is -2.56. The van der Waals surface area contributed by atoms with Gasteiger partial charge in [-0.3, -0.25) is 33.8 Å². The number of thioether (sulfide) groups is 1. The molecule has 4 heterocycles. The van der Waals surface area contributed by atoms with Crippen LogP contribution in [0.4, 0.5) is 4.79 Å². The van der Waals surface area contributed by atoms with Crippen LogP contribution >= 0.6 is 11.8 Å². The summed E-state index contributed by atoms with van der Waals surface area (Å²) in [6.45, 7) is 4.85. The Hall–Kier alpha value is -3.65. The molecule has 18 heteroatoms. The first-order valence-corrected chi connectivity index (χ1v) is 20.1. The van der Waals surface area contributed by atoms with Crippen molar-refractivity contribution in [1.29, 1.82) is 0 Å². The van der Waals surface area contributed by atoms with E-state index in [-0.39, 0.29) is 73.7 Å². The minimum absolute atomic E-state index is 0.0199. The van der Waals surface area contributed by atoms with E-state index in [4.69, 9.17) is 28.4 Å². The summed E-state index contributed by atoms with van der Waals surface area (Å²) in [5, 5.41) is 9.24. The van der Waals surface area contributed by atoms with Crippen molar-refractivity contribution in [2.45, 2.75) is 61.9 Å². The third-order valence-corrected chi connectivity index (χ3v) is 11.1. The smallest absolute Gasteiger partial charge is 0.315 e. The van der Waals surface area contributed by atoms with Crippen molar-refractivity contribution in [3.05, 3.63) is 35.4 Å². The minimum atomic E-state index is -1.02. The summed E-state index contributed by atoms with van der Waals surface area (Å²) >= 11 is 1.89. The summed E-state index contributed by atoms with van der Waals surface area (Å²) in [7, 11) is 0. The molecular formula is C37H53N5O12S. The van der Waals surface area contributed by atoms with Crippen LogP contribution in [0.15, 0.2) is 24.3 Å². The maximum atomic E-state index is 13.1. The van der Waals surface area contributed by atoms with Crippen LogP contribution in [0.5, 0.6) is 0 Å². The van der Waals surface area contributed by atoms with Crippen molar-refractivity contribution >= 4 is 47.3 Å². The largest absolute Gasteiger partial charge is 0.377 e. The second-order valence-electron chi connectivity index (χ2n) is 13.4. The molecule has 55 heavy (non-hydrogen) atoms. The molecule has 7 amide bonds. The Balaban J connectivity index is 0.746. The van der Waals surface area contributed by atoms with Gasteiger partial charge in [0.1, 0.15) is 6.04 Å². The first-order chi connectivity index (χ1) is 26.8. The molecule has 0 spiro atoms. The molecule has 0 bridgehead atoms. The van der Waals surface area contributed by atoms with E-state index in [0.29, 0.717) is 84.3 Å². The van der Waals surface area contributed by atoms with Crippen LogP contribution in [-0.4, -0.2) is 167 Å². The van der Waals surface area contributed by atoms with E-state index in [1.807, 2.05) is 11.8 Å². The molecular weight excluding hydrogens is 738 g/mol. The van der Waals surface area contributed by atoms with Gasteiger partial charge in [-0.15, -0.1) is 0 Å². The van der Waals surface area contributed by atoms with Gasteiger partial charge in [0.25, 0.3) is 17.7 Å². The summed E-state index contributed by atoms with van der Waals surface area (Å²) < 4.78 is 33.0. The van der Waals surface area contributed by atoms with Crippen LogP contribution in [0.1, 0.15) is 59.2 Å². The molecule has 5 rings (SSSR count). The lowest BCUT2D eigenvalue weighted by atomic mass is 10.0. The average Bonchev–Trinajstić information content (AvgIpc) is 3.82. The van der Waals surface area contributed by atoms with Gasteiger partial charge in [0.15, 0.2) is 0 Å². The molecule has 2 unspecified atom stereocenters. The van der Waals surface area contributed by atoms with Crippen molar-refractivity contribution in [1.82, 2.24) is 25.8 Å². The number of urea groups is 1. The highest BCUT2D eigenvalue weighted by molar-refractivity contribution is 8.00. The minimum Gasteiger partial charge on any atom is -0.377 e. The highest BCUT2D eigenvalue weighted by atomic mass is 32.2. The van der Waals surface area contributed by atoms with Gasteiger partial charge in [-0.1, -0.05) is 18.6 Å². The average molecular weight is 792 g/mol. The molecule has 1 aromatic carbocycles. The number of carbonyl (C=O) groups is 6. The second kappa shape index (κ2) is 22.8. The third-order valence-electron chi connectivity index (χ3n) is 9.59. The predicted molar refractivity (Wildman–Crippen MR) is 199 cm³/mol. The Morgan fingerprint density at radius 2 is 1.31 bits per heavy atom. The summed E-state index contributed by atoms with van der Waals surface area (Å²) in [6.07, 6.45) is 3.42. The highest BCUT2D eigenvalue weighted by Gasteiger charge is 2.47. The zero-order valence-electron chi connectivity index (χ0n) is 31.2. The molecule has 17 nitrogen and oxygen atoms in total. The molecule has 0 aromatic heterocycles. The number of unbranched alkanes of at least 4 members (excludes halogenated alkanes) is 1. The first-order valence-electron chi connectivity index (χ1n) is 19.1. The van der Waals surface area contributed by atoms with Crippen molar-refractivity contribution in [3.63, 3.8) is 0 Å². The first kappa shape index (κ1) is 42.5. The van der Waals surface area contributed by atoms with Gasteiger partial charge in [-0.05, 0) is 31.4 Å². The monoisotopic (exact) mass is 791 g/mol. The quantitative estimate of drug-likeness (QED) is 0.0641. The van der Waals surface area contributed by atoms with Gasteiger partial charge in [0.05, 0.1) is 109 Å². The fourth-order valence-corrected chi connectivity index (χ4v) is 8.31. The van der Waals surface area contributed by atoms with E-state index in [0.717, 1.165) is 34.8 Å². The summed E-state index contributed by atoms with van der Waals surface area (Å²) in [5.41, 5.74) is 0.527. The molecule has 4 atom stereocenters. The molecule has 1 aromatic rings. The molecule has 0 aliphatic carbocycles. The topological polar surface area (TPSA) is 200 Å². The van der Waals surface area contributed by atoms with Crippen molar-refractivity contribution in [3.8, 4) is 0 Å². The van der Waals surface area contributed by atoms with Crippen molar-refractivity contribution < 1.29 is 57.2 Å². The Morgan fingerprint density at radius 3 is 1.91 bits per heavy atom. The maximum absolute atomic E-state index is 13.1. The van der Waals surface area contributed by atoms with E-state index >= 15 is 0 Å². The van der Waals surface area contributed by atoms with Gasteiger partial charge < -0.3 is 44.4 Å². The lowest BCUT2D eigenvalue weighted by molar-refractivity contribution is -0.152. The number of rotatable bonds is 27. The predicted octanol–water partition coefficient (Wildman–Crippen LogP) is 0.742. The SMILES string of the molecule is O=C(CCCCC1SC[C@@H]2NC(=O)N[C@H]12)NCCOCCOCCOCCOCCOCCOCCN1C(=O)CCC(N2C(=O)c3ccccc3C2=O)C1=O. The Labute approximate surface area is 325 Å². The number of hydrogen-bond acceptors (Lipinski definition) is 13. The van der Waals surface area contributed by atoms with Gasteiger partial charge in [0.2, 0.25) is 11.8 Å². The molecule has 3 saturated heterocycles. The number of fused-ring (bicyclic) bond motifs is 2. The van der Waals surface area contributed by atoms with Crippen LogP contribution in [0.2, 0.25) is 0 Å². The normalized spacial score (nSPS) is 21.9. The fraction of sp³-hybridized carbons (Fsp3) is 0.676. The van der Waals surface area contributed by atoms with Gasteiger partial charge in [-0.25, -0.2) is 4.79 Å². The third kappa shape index (κ3) is 12.7. The molecule has 4 aliphatic rings. The standard InChI is InChI=1S/C37H53N5O12S/c43-31(8-4-3-7-30-33-28(25-55-30)39-37(48)40-33)38-11-13-49-15-17-51-19-21-53-23-24-54-22-20-52-18-16-50-14-12-41-32(44)10-9-29(36(41)47)42-34(45)26-5-1-2-6-27(26)35(42)46/h1-2,5-6,28-30,33H,3-4,7-25H2,(H,38,43)(H2,39,40,48)/t28-,29?,30?,33-/m0/s1.